The molecule has 0 unspecified atom stereocenters. The standard InChI is InChI=1S/C13H24NO3Si/c1-13-9-5-6-10-14(13)11-7-8-12-18(15-2,16-3)17-4/h5-6,9-10H,7-8,11-12H2,1-4H3/q+1. The molecule has 0 saturated heterocycles. The molecule has 0 amide bonds. The largest absolute Gasteiger partial charge is 0.500 e. The maximum Gasteiger partial charge on any atom is 0.500 e. The highest BCUT2D eigenvalue weighted by Gasteiger charge is 2.36. The van der Waals surface area contributed by atoms with Crippen molar-refractivity contribution in [2.45, 2.75) is 32.4 Å². The third kappa shape index (κ3) is 4.17. The fourth-order valence-corrected chi connectivity index (χ4v) is 3.79. The molecular weight excluding hydrogens is 246 g/mol. The minimum absolute atomic E-state index is 0.864. The van der Waals surface area contributed by atoms with E-state index in [0.717, 1.165) is 25.4 Å². The second kappa shape index (κ2) is 7.63. The van der Waals surface area contributed by atoms with Gasteiger partial charge in [0.2, 0.25) is 0 Å². The molecule has 102 valence electrons. The summed E-state index contributed by atoms with van der Waals surface area (Å²) in [6.07, 6.45) is 4.26. The van der Waals surface area contributed by atoms with Gasteiger partial charge in [0, 0.05) is 52.9 Å². The van der Waals surface area contributed by atoms with Crippen LogP contribution in [0.2, 0.25) is 6.04 Å². The lowest BCUT2D eigenvalue weighted by Gasteiger charge is -2.23. The van der Waals surface area contributed by atoms with Gasteiger partial charge in [-0.3, -0.25) is 0 Å². The predicted molar refractivity (Wildman–Crippen MR) is 72.2 cm³/mol. The van der Waals surface area contributed by atoms with Crippen LogP contribution >= 0.6 is 0 Å². The Morgan fingerprint density at radius 2 is 1.72 bits per heavy atom. The fraction of sp³-hybridized carbons (Fsp3) is 0.615. The molecule has 0 radical (unpaired) electrons. The average Bonchev–Trinajstić information content (AvgIpc) is 2.42. The summed E-state index contributed by atoms with van der Waals surface area (Å²) in [5.41, 5.74) is 1.28. The van der Waals surface area contributed by atoms with Crippen LogP contribution in [-0.2, 0) is 19.8 Å². The lowest BCUT2D eigenvalue weighted by atomic mass is 10.3. The quantitative estimate of drug-likeness (QED) is 0.411. The second-order valence-corrected chi connectivity index (χ2v) is 7.38. The van der Waals surface area contributed by atoms with E-state index < -0.39 is 8.80 Å². The van der Waals surface area contributed by atoms with Crippen molar-refractivity contribution in [3.8, 4) is 0 Å². The summed E-state index contributed by atoms with van der Waals surface area (Å²) in [6, 6.07) is 7.11. The Balaban J connectivity index is 2.37. The summed E-state index contributed by atoms with van der Waals surface area (Å²) in [6.45, 7) is 3.15. The lowest BCUT2D eigenvalue weighted by Crippen LogP contribution is -2.43. The number of hydrogen-bond acceptors (Lipinski definition) is 3. The Bertz CT molecular complexity index is 348. The van der Waals surface area contributed by atoms with E-state index in [0.29, 0.717) is 0 Å². The molecule has 0 aliphatic rings. The van der Waals surface area contributed by atoms with Crippen LogP contribution in [0.15, 0.2) is 24.4 Å². The Morgan fingerprint density at radius 3 is 2.28 bits per heavy atom. The molecule has 5 heteroatoms. The summed E-state index contributed by atoms with van der Waals surface area (Å²) in [7, 11) is 2.61. The smallest absolute Gasteiger partial charge is 0.377 e. The molecule has 0 aliphatic carbocycles. The molecule has 1 aromatic rings. The molecular formula is C13H24NO3Si+. The molecule has 1 rings (SSSR count). The van der Waals surface area contributed by atoms with Crippen LogP contribution in [0.1, 0.15) is 18.5 Å². The van der Waals surface area contributed by atoms with Gasteiger partial charge in [0.25, 0.3) is 0 Å². The Morgan fingerprint density at radius 1 is 1.06 bits per heavy atom. The zero-order valence-corrected chi connectivity index (χ0v) is 12.8. The van der Waals surface area contributed by atoms with Gasteiger partial charge >= 0.3 is 8.80 Å². The van der Waals surface area contributed by atoms with Gasteiger partial charge < -0.3 is 13.3 Å². The highest BCUT2D eigenvalue weighted by atomic mass is 28.4. The molecule has 0 N–H and O–H groups in total. The van der Waals surface area contributed by atoms with E-state index in [1.54, 1.807) is 21.3 Å². The molecule has 1 heterocycles. The summed E-state index contributed by atoms with van der Waals surface area (Å²) in [5, 5.41) is 0. The molecule has 0 spiro atoms. The lowest BCUT2D eigenvalue weighted by molar-refractivity contribution is -0.703. The summed E-state index contributed by atoms with van der Waals surface area (Å²) >= 11 is 0. The first-order chi connectivity index (χ1) is 8.67. The number of rotatable bonds is 8. The van der Waals surface area contributed by atoms with Crippen molar-refractivity contribution >= 4 is 8.80 Å². The molecule has 0 aromatic carbocycles. The van der Waals surface area contributed by atoms with Crippen LogP contribution in [0.3, 0.4) is 0 Å². The number of nitrogens with zero attached hydrogens (tertiary/aromatic N) is 1. The highest BCUT2D eigenvalue weighted by molar-refractivity contribution is 6.60. The van der Waals surface area contributed by atoms with Crippen LogP contribution in [-0.4, -0.2) is 30.1 Å². The van der Waals surface area contributed by atoms with E-state index in [4.69, 9.17) is 13.3 Å². The topological polar surface area (TPSA) is 31.6 Å². The van der Waals surface area contributed by atoms with Gasteiger partial charge in [-0.05, 0) is 6.42 Å². The number of hydrogen-bond donors (Lipinski definition) is 0. The van der Waals surface area contributed by atoms with Crippen molar-refractivity contribution in [3.63, 3.8) is 0 Å². The van der Waals surface area contributed by atoms with Crippen LogP contribution in [0, 0.1) is 6.92 Å². The first-order valence-electron chi connectivity index (χ1n) is 6.28. The monoisotopic (exact) mass is 270 g/mol. The van der Waals surface area contributed by atoms with E-state index in [9.17, 15) is 0 Å². The SMILES string of the molecule is CO[Si](CCCC[n+]1ccccc1C)(OC)OC. The van der Waals surface area contributed by atoms with Crippen molar-refractivity contribution in [1.82, 2.24) is 0 Å². The highest BCUT2D eigenvalue weighted by Crippen LogP contribution is 2.16. The van der Waals surface area contributed by atoms with Crippen molar-refractivity contribution in [3.05, 3.63) is 30.1 Å². The summed E-state index contributed by atoms with van der Waals surface area (Å²) < 4.78 is 18.5. The van der Waals surface area contributed by atoms with Gasteiger partial charge in [0.1, 0.15) is 6.54 Å². The number of pyridine rings is 1. The van der Waals surface area contributed by atoms with Crippen molar-refractivity contribution < 1.29 is 17.8 Å². The molecule has 0 saturated carbocycles. The van der Waals surface area contributed by atoms with E-state index in [-0.39, 0.29) is 0 Å². The Labute approximate surface area is 111 Å². The second-order valence-electron chi connectivity index (χ2n) is 4.29. The third-order valence-electron chi connectivity index (χ3n) is 3.23. The van der Waals surface area contributed by atoms with Gasteiger partial charge in [-0.2, -0.15) is 0 Å². The van der Waals surface area contributed by atoms with Gasteiger partial charge in [-0.1, -0.05) is 6.07 Å². The normalized spacial score (nSPS) is 11.8. The predicted octanol–water partition coefficient (Wildman–Crippen LogP) is 1.94. The Kier molecular flexibility index (Phi) is 6.49. The zero-order valence-electron chi connectivity index (χ0n) is 11.8. The average molecular weight is 270 g/mol. The molecule has 0 aliphatic heterocycles. The fourth-order valence-electron chi connectivity index (χ4n) is 1.99. The van der Waals surface area contributed by atoms with E-state index in [2.05, 4.69) is 35.9 Å². The Hall–Kier alpha value is -0.753. The first kappa shape index (κ1) is 15.3. The van der Waals surface area contributed by atoms with Crippen LogP contribution in [0.4, 0.5) is 0 Å². The molecule has 0 fully saturated rings. The minimum Gasteiger partial charge on any atom is -0.377 e. The van der Waals surface area contributed by atoms with Gasteiger partial charge in [-0.25, -0.2) is 4.57 Å². The van der Waals surface area contributed by atoms with E-state index >= 15 is 0 Å². The van der Waals surface area contributed by atoms with Gasteiger partial charge in [0.05, 0.1) is 0 Å². The van der Waals surface area contributed by atoms with Gasteiger partial charge in [-0.15, -0.1) is 0 Å². The van der Waals surface area contributed by atoms with Crippen molar-refractivity contribution in [2.24, 2.45) is 0 Å². The number of unbranched alkanes of at least 4 members (excludes halogenated alkanes) is 1. The summed E-state index contributed by atoms with van der Waals surface area (Å²) in [5.74, 6) is 0. The number of aromatic nitrogens is 1. The summed E-state index contributed by atoms with van der Waals surface area (Å²) in [4.78, 5) is 0. The maximum atomic E-state index is 5.40. The van der Waals surface area contributed by atoms with Crippen molar-refractivity contribution in [2.75, 3.05) is 21.3 Å². The molecule has 0 bridgehead atoms. The van der Waals surface area contributed by atoms with E-state index in [1.807, 2.05) is 0 Å². The maximum absolute atomic E-state index is 5.40. The van der Waals surface area contributed by atoms with E-state index in [1.165, 1.54) is 5.69 Å². The molecule has 0 atom stereocenters. The molecule has 4 nitrogen and oxygen atoms in total. The molecule has 1 aromatic heterocycles. The number of aryl methyl sites for hydroxylation is 2. The zero-order chi connectivity index (χ0) is 13.4. The van der Waals surface area contributed by atoms with Crippen LogP contribution < -0.4 is 4.57 Å². The minimum atomic E-state index is -2.38. The molecule has 18 heavy (non-hydrogen) atoms. The van der Waals surface area contributed by atoms with Crippen LogP contribution in [0.5, 0.6) is 0 Å². The third-order valence-corrected chi connectivity index (χ3v) is 6.06. The van der Waals surface area contributed by atoms with Gasteiger partial charge in [0.15, 0.2) is 11.9 Å². The first-order valence-corrected chi connectivity index (χ1v) is 8.21. The van der Waals surface area contributed by atoms with Crippen LogP contribution in [0.25, 0.3) is 0 Å². The van der Waals surface area contributed by atoms with Crippen molar-refractivity contribution in [1.29, 1.82) is 0 Å².